The number of halogens is 1. The molecule has 2 aromatic heterocycles. The van der Waals surface area contributed by atoms with Crippen molar-refractivity contribution in [2.45, 2.75) is 55.4 Å². The number of hydrogen-bond donors (Lipinski definition) is 6. The quantitative estimate of drug-likeness (QED) is 0.0594. The Morgan fingerprint density at radius 3 is 1.32 bits per heavy atom. The van der Waals surface area contributed by atoms with Crippen LogP contribution in [0.15, 0.2) is 121 Å². The van der Waals surface area contributed by atoms with Crippen molar-refractivity contribution >= 4 is 91.2 Å². The number of rotatable bonds is 13. The Morgan fingerprint density at radius 1 is 0.427 bits per heavy atom. The fourth-order valence-corrected chi connectivity index (χ4v) is 7.18. The number of nitrogens with zero attached hydrogens (tertiary/aromatic N) is 2. The molecule has 7 rings (SSSR count). The summed E-state index contributed by atoms with van der Waals surface area (Å²) in [4.78, 5) is 74.9. The second-order valence-electron chi connectivity index (χ2n) is 16.5. The fourth-order valence-electron chi connectivity index (χ4n) is 7.01. The number of carbonyl (C=O) groups is 6. The minimum absolute atomic E-state index is 0.0111. The molecular formula is C59H71ClN8O7. The summed E-state index contributed by atoms with van der Waals surface area (Å²) in [5, 5.41) is 20.5. The minimum Gasteiger partial charge on any atom is -0.497 e. The highest BCUT2D eigenvalue weighted by Gasteiger charge is 2.11. The van der Waals surface area contributed by atoms with E-state index in [9.17, 15) is 28.8 Å². The van der Waals surface area contributed by atoms with Crippen molar-refractivity contribution in [2.75, 3.05) is 81.3 Å². The lowest BCUT2D eigenvalue weighted by molar-refractivity contribution is 0.100. The number of nitrogens with one attached hydrogen (secondary N) is 6. The SMILES string of the molecule is CNc1cc2ccccc2cc1C(C)=O.CNc1ccc(C)cc1C(C)=O.CNc1ccc(C)nc1C(C)=O.CNc1ccc(Cl)cc1C(C)=O.CNc1ccc(OC)cc1C(C)=O.CNc1cccnc1C(C)=O. The lowest BCUT2D eigenvalue weighted by Crippen LogP contribution is -2.04. The van der Waals surface area contributed by atoms with Gasteiger partial charge >= 0.3 is 0 Å². The first-order valence-electron chi connectivity index (χ1n) is 23.8. The number of aromatic nitrogens is 2. The topological polar surface area (TPSA) is 210 Å². The van der Waals surface area contributed by atoms with Crippen molar-refractivity contribution in [2.24, 2.45) is 0 Å². The molecule has 5 aromatic carbocycles. The molecule has 0 radical (unpaired) electrons. The van der Waals surface area contributed by atoms with E-state index in [0.717, 1.165) is 67.3 Å². The molecule has 6 N–H and O–H groups in total. The van der Waals surface area contributed by atoms with Crippen LogP contribution in [0.25, 0.3) is 10.8 Å². The van der Waals surface area contributed by atoms with Crippen LogP contribution in [0.1, 0.15) is 115 Å². The van der Waals surface area contributed by atoms with Crippen LogP contribution >= 0.6 is 11.6 Å². The summed E-state index contributed by atoms with van der Waals surface area (Å²) in [6.07, 6.45) is 1.61. The van der Waals surface area contributed by atoms with E-state index >= 15 is 0 Å². The van der Waals surface area contributed by atoms with Gasteiger partial charge in [-0.3, -0.25) is 33.8 Å². The number of anilines is 6. The van der Waals surface area contributed by atoms with E-state index in [1.807, 2.05) is 113 Å². The van der Waals surface area contributed by atoms with E-state index in [4.69, 9.17) is 16.3 Å². The van der Waals surface area contributed by atoms with Gasteiger partial charge in [-0.2, -0.15) is 0 Å². The molecule has 0 aliphatic heterocycles. The molecule has 0 spiro atoms. The summed E-state index contributed by atoms with van der Waals surface area (Å²) >= 11 is 5.74. The lowest BCUT2D eigenvalue weighted by Gasteiger charge is -2.08. The Balaban J connectivity index is 0.000000309. The highest BCUT2D eigenvalue weighted by Crippen LogP contribution is 2.25. The molecule has 396 valence electrons. The van der Waals surface area contributed by atoms with Gasteiger partial charge in [0, 0.05) is 118 Å². The Bertz CT molecular complexity index is 2930. The van der Waals surface area contributed by atoms with Crippen molar-refractivity contribution in [3.8, 4) is 5.75 Å². The van der Waals surface area contributed by atoms with E-state index in [1.54, 1.807) is 85.7 Å². The molecule has 2 heterocycles. The molecular weight excluding hydrogens is 968 g/mol. The van der Waals surface area contributed by atoms with E-state index in [-0.39, 0.29) is 34.7 Å². The van der Waals surface area contributed by atoms with Crippen LogP contribution in [-0.2, 0) is 0 Å². The fraction of sp³-hybridized carbons (Fsp3) is 0.254. The summed E-state index contributed by atoms with van der Waals surface area (Å²) in [5.74, 6) is 0.903. The van der Waals surface area contributed by atoms with Crippen LogP contribution in [0.4, 0.5) is 34.1 Å². The Hall–Kier alpha value is -8.43. The number of carbonyl (C=O) groups excluding carboxylic acids is 6. The highest BCUT2D eigenvalue weighted by molar-refractivity contribution is 6.31. The number of pyridine rings is 2. The van der Waals surface area contributed by atoms with Crippen molar-refractivity contribution in [1.29, 1.82) is 0 Å². The molecule has 0 atom stereocenters. The zero-order valence-corrected chi connectivity index (χ0v) is 46.4. The average Bonchev–Trinajstić information content (AvgIpc) is 3.40. The predicted octanol–water partition coefficient (Wildman–Crippen LogP) is 12.8. The highest BCUT2D eigenvalue weighted by atomic mass is 35.5. The molecule has 0 aliphatic carbocycles. The van der Waals surface area contributed by atoms with E-state index in [0.29, 0.717) is 33.3 Å². The van der Waals surface area contributed by atoms with Crippen molar-refractivity contribution in [3.63, 3.8) is 0 Å². The number of aryl methyl sites for hydroxylation is 2. The first kappa shape index (κ1) is 62.7. The smallest absolute Gasteiger partial charge is 0.180 e. The summed E-state index contributed by atoms with van der Waals surface area (Å²) in [6.45, 7) is 13.1. The number of benzene rings is 5. The van der Waals surface area contributed by atoms with Crippen LogP contribution in [-0.4, -0.2) is 94.1 Å². The van der Waals surface area contributed by atoms with Crippen molar-refractivity contribution < 1.29 is 33.5 Å². The van der Waals surface area contributed by atoms with Gasteiger partial charge in [0.25, 0.3) is 0 Å². The number of methoxy groups -OCH3 is 1. The maximum Gasteiger partial charge on any atom is 0.180 e. The molecule has 0 saturated carbocycles. The molecule has 75 heavy (non-hydrogen) atoms. The monoisotopic (exact) mass is 1040 g/mol. The van der Waals surface area contributed by atoms with Crippen LogP contribution in [0.5, 0.6) is 5.75 Å². The second-order valence-corrected chi connectivity index (χ2v) is 16.9. The van der Waals surface area contributed by atoms with Crippen molar-refractivity contribution in [3.05, 3.63) is 171 Å². The summed E-state index contributed by atoms with van der Waals surface area (Å²) in [7, 11) is 12.3. The van der Waals surface area contributed by atoms with Gasteiger partial charge in [0.15, 0.2) is 34.7 Å². The molecule has 15 nitrogen and oxygen atoms in total. The number of Topliss-reactive ketones (excluding diaryl/α,β-unsaturated/α-hetero) is 6. The van der Waals surface area contributed by atoms with Gasteiger partial charge in [0.2, 0.25) is 0 Å². The zero-order chi connectivity index (χ0) is 56.4. The van der Waals surface area contributed by atoms with Gasteiger partial charge < -0.3 is 36.6 Å². The molecule has 0 fully saturated rings. The third kappa shape index (κ3) is 19.8. The summed E-state index contributed by atoms with van der Waals surface area (Å²) in [6, 6.07) is 35.7. The molecule has 0 saturated heterocycles. The maximum absolute atomic E-state index is 11.4. The molecule has 16 heteroatoms. The van der Waals surface area contributed by atoms with Gasteiger partial charge in [0.05, 0.1) is 18.5 Å². The summed E-state index contributed by atoms with van der Waals surface area (Å²) in [5.41, 5.74) is 10.8. The van der Waals surface area contributed by atoms with Gasteiger partial charge in [-0.15, -0.1) is 0 Å². The predicted molar refractivity (Wildman–Crippen MR) is 310 cm³/mol. The zero-order valence-electron chi connectivity index (χ0n) is 45.7. The summed E-state index contributed by atoms with van der Waals surface area (Å²) < 4.78 is 5.02. The Morgan fingerprint density at radius 2 is 0.853 bits per heavy atom. The van der Waals surface area contributed by atoms with Gasteiger partial charge in [-0.1, -0.05) is 47.5 Å². The minimum atomic E-state index is -0.0186. The van der Waals surface area contributed by atoms with Crippen LogP contribution in [0.3, 0.4) is 0 Å². The maximum atomic E-state index is 11.4. The molecule has 0 unspecified atom stereocenters. The third-order valence-electron chi connectivity index (χ3n) is 10.9. The molecule has 0 aliphatic rings. The Kier molecular flexibility index (Phi) is 26.7. The van der Waals surface area contributed by atoms with Gasteiger partial charge in [-0.25, -0.2) is 4.98 Å². The van der Waals surface area contributed by atoms with Crippen LogP contribution in [0.2, 0.25) is 5.02 Å². The number of fused-ring (bicyclic) bond motifs is 1. The third-order valence-corrected chi connectivity index (χ3v) is 11.1. The number of hydrogen-bond acceptors (Lipinski definition) is 15. The van der Waals surface area contributed by atoms with Crippen molar-refractivity contribution in [1.82, 2.24) is 9.97 Å². The molecule has 7 aromatic rings. The van der Waals surface area contributed by atoms with E-state index in [2.05, 4.69) is 41.9 Å². The first-order valence-corrected chi connectivity index (χ1v) is 24.1. The van der Waals surface area contributed by atoms with Crippen LogP contribution < -0.4 is 36.6 Å². The number of ether oxygens (including phenoxy) is 1. The van der Waals surface area contributed by atoms with E-state index in [1.165, 1.54) is 27.7 Å². The lowest BCUT2D eigenvalue weighted by atomic mass is 10.0. The second kappa shape index (κ2) is 31.9. The standard InChI is InChI=1S/C13H13NO.C10H13NO2.C10H13NO.C9H10ClNO.C9H12N2O.C8H10N2O/c1-9(15)12-7-10-5-3-4-6-11(10)8-13(12)14-2;1-7(12)9-6-8(13-3)4-5-10(9)11-2;1-7-4-5-10(11-3)9(6-7)8(2)12;1-6(12)8-5-7(10)3-4-9(8)11-2;1-6-4-5-8(10-3)9(11-6)7(2)12;1-6(11)8-7(9-2)4-3-5-10-8/h3-8,14H,1-2H3;4-6,11H,1-3H3;4-6,11H,1-3H3;3-5,11H,1-2H3;4-5,10H,1-3H3;3-5,9H,1-2H3. The van der Waals surface area contributed by atoms with Gasteiger partial charge in [-0.05, 0) is 137 Å². The number of ketones is 6. The average molecular weight is 1040 g/mol. The molecule has 0 bridgehead atoms. The molecule has 0 amide bonds. The van der Waals surface area contributed by atoms with Crippen LogP contribution in [0, 0.1) is 13.8 Å². The normalized spacial score (nSPS) is 9.65. The van der Waals surface area contributed by atoms with E-state index < -0.39 is 0 Å². The largest absolute Gasteiger partial charge is 0.497 e. The first-order chi connectivity index (χ1) is 35.6. The Labute approximate surface area is 446 Å². The van der Waals surface area contributed by atoms with Gasteiger partial charge in [0.1, 0.15) is 17.1 Å².